The van der Waals surface area contributed by atoms with Crippen LogP contribution < -0.4 is 5.14 Å². The third-order valence-corrected chi connectivity index (χ3v) is 4.14. The Morgan fingerprint density at radius 1 is 1.37 bits per heavy atom. The van der Waals surface area contributed by atoms with Crippen molar-refractivity contribution in [2.75, 3.05) is 0 Å². The molecule has 2 N–H and O–H groups in total. The highest BCUT2D eigenvalue weighted by Crippen LogP contribution is 2.39. The molecule has 2 fully saturated rings. The van der Waals surface area contributed by atoms with Gasteiger partial charge in [-0.25, -0.2) is 9.32 Å². The van der Waals surface area contributed by atoms with E-state index in [0.29, 0.717) is 12.8 Å². The van der Waals surface area contributed by atoms with Gasteiger partial charge in [-0.2, -0.15) is 8.42 Å². The number of fused-ring (bicyclic) bond motifs is 2. The van der Waals surface area contributed by atoms with E-state index in [2.05, 4.69) is 0 Å². The van der Waals surface area contributed by atoms with Crippen LogP contribution in [0.2, 0.25) is 0 Å². The molecular formula is C11H19NO6S. The third-order valence-electron chi connectivity index (χ3n) is 3.65. The molecule has 2 saturated heterocycles. The molecule has 5 atom stereocenters. The van der Waals surface area contributed by atoms with Gasteiger partial charge in [0, 0.05) is 0 Å². The number of nitrogens with two attached hydrogens (primary N) is 1. The summed E-state index contributed by atoms with van der Waals surface area (Å²) < 4.78 is 37.8. The quantitative estimate of drug-likeness (QED) is 0.720. The highest BCUT2D eigenvalue weighted by molar-refractivity contribution is 7.84. The Hall–Kier alpha value is -0.700. The van der Waals surface area contributed by atoms with Gasteiger partial charge in [0.15, 0.2) is 6.10 Å². The standard InChI is InChI=1S/C11H19NO6S/c1-3-6(2)11(13)17-9-7-4-5-8(16-7)10(9)18-19(12,14)15/h6-10H,3-5H2,1-2H3,(H2,12,14,15). The lowest BCUT2D eigenvalue weighted by Crippen LogP contribution is -2.45. The first-order chi connectivity index (χ1) is 8.81. The zero-order valence-electron chi connectivity index (χ0n) is 10.9. The van der Waals surface area contributed by atoms with Gasteiger partial charge in [0.25, 0.3) is 0 Å². The molecule has 0 saturated carbocycles. The Bertz CT molecular complexity index is 450. The van der Waals surface area contributed by atoms with Gasteiger partial charge in [0.2, 0.25) is 0 Å². The second-order valence-electron chi connectivity index (χ2n) is 5.05. The van der Waals surface area contributed by atoms with E-state index < -0.39 is 22.5 Å². The van der Waals surface area contributed by atoms with Gasteiger partial charge in [-0.1, -0.05) is 13.8 Å². The van der Waals surface area contributed by atoms with Crippen LogP contribution >= 0.6 is 0 Å². The van der Waals surface area contributed by atoms with Crippen LogP contribution in [0, 0.1) is 5.92 Å². The normalized spacial score (nSPS) is 35.3. The molecule has 0 aromatic heterocycles. The first-order valence-corrected chi connectivity index (χ1v) is 7.86. The maximum absolute atomic E-state index is 11.8. The van der Waals surface area contributed by atoms with Crippen molar-refractivity contribution in [3.05, 3.63) is 0 Å². The molecule has 8 heteroatoms. The topological polar surface area (TPSA) is 105 Å². The Balaban J connectivity index is 2.06. The third kappa shape index (κ3) is 3.25. The molecular weight excluding hydrogens is 274 g/mol. The molecule has 5 unspecified atom stereocenters. The number of esters is 1. The maximum atomic E-state index is 11.8. The summed E-state index contributed by atoms with van der Waals surface area (Å²) in [5.74, 6) is -0.610. The van der Waals surface area contributed by atoms with E-state index in [9.17, 15) is 13.2 Å². The minimum Gasteiger partial charge on any atom is -0.456 e. The van der Waals surface area contributed by atoms with Gasteiger partial charge < -0.3 is 9.47 Å². The summed E-state index contributed by atoms with van der Waals surface area (Å²) in [4.78, 5) is 11.8. The lowest BCUT2D eigenvalue weighted by atomic mass is 9.94. The van der Waals surface area contributed by atoms with E-state index in [1.165, 1.54) is 0 Å². The van der Waals surface area contributed by atoms with Crippen LogP contribution in [0.15, 0.2) is 0 Å². The first kappa shape index (κ1) is 14.7. The predicted molar refractivity (Wildman–Crippen MR) is 65.2 cm³/mol. The summed E-state index contributed by atoms with van der Waals surface area (Å²) >= 11 is 0. The van der Waals surface area contributed by atoms with E-state index in [1.54, 1.807) is 6.92 Å². The van der Waals surface area contributed by atoms with Crippen LogP contribution in [0.4, 0.5) is 0 Å². The van der Waals surface area contributed by atoms with Crippen LogP contribution in [-0.4, -0.2) is 38.8 Å². The largest absolute Gasteiger partial charge is 0.456 e. The van der Waals surface area contributed by atoms with E-state index >= 15 is 0 Å². The summed E-state index contributed by atoms with van der Waals surface area (Å²) in [6, 6.07) is 0. The van der Waals surface area contributed by atoms with Crippen molar-refractivity contribution in [1.82, 2.24) is 0 Å². The lowest BCUT2D eigenvalue weighted by Gasteiger charge is -2.27. The molecule has 2 heterocycles. The van der Waals surface area contributed by atoms with Crippen LogP contribution in [-0.2, 0) is 28.8 Å². The SMILES string of the molecule is CCC(C)C(=O)OC1C2CCC(O2)C1OS(N)(=O)=O. The van der Waals surface area contributed by atoms with Crippen LogP contribution in [0.5, 0.6) is 0 Å². The van der Waals surface area contributed by atoms with Gasteiger partial charge in [-0.3, -0.25) is 4.79 Å². The van der Waals surface area contributed by atoms with Gasteiger partial charge in [0.1, 0.15) is 6.10 Å². The van der Waals surface area contributed by atoms with Crippen molar-refractivity contribution in [3.63, 3.8) is 0 Å². The van der Waals surface area contributed by atoms with Crippen molar-refractivity contribution in [2.45, 2.75) is 57.5 Å². The van der Waals surface area contributed by atoms with E-state index in [4.69, 9.17) is 18.8 Å². The van der Waals surface area contributed by atoms with Gasteiger partial charge >= 0.3 is 16.3 Å². The summed E-state index contributed by atoms with van der Waals surface area (Å²) in [6.45, 7) is 3.63. The Kier molecular flexibility index (Phi) is 4.14. The predicted octanol–water partition coefficient (Wildman–Crippen LogP) is 0.0942. The fourth-order valence-corrected chi connectivity index (χ4v) is 2.97. The van der Waals surface area contributed by atoms with Crippen LogP contribution in [0.25, 0.3) is 0 Å². The van der Waals surface area contributed by atoms with Crippen molar-refractivity contribution in [2.24, 2.45) is 11.1 Å². The van der Waals surface area contributed by atoms with Crippen molar-refractivity contribution < 1.29 is 26.9 Å². The van der Waals surface area contributed by atoms with Gasteiger partial charge in [0.05, 0.1) is 18.1 Å². The monoisotopic (exact) mass is 293 g/mol. The summed E-state index contributed by atoms with van der Waals surface area (Å²) in [5, 5.41) is 4.88. The molecule has 7 nitrogen and oxygen atoms in total. The van der Waals surface area contributed by atoms with Crippen molar-refractivity contribution in [1.29, 1.82) is 0 Å². The average Bonchev–Trinajstić information content (AvgIpc) is 2.89. The molecule has 110 valence electrons. The molecule has 2 bridgehead atoms. The number of hydrogen-bond acceptors (Lipinski definition) is 6. The Morgan fingerprint density at radius 2 is 1.95 bits per heavy atom. The number of rotatable bonds is 5. The number of carbonyl (C=O) groups is 1. The highest BCUT2D eigenvalue weighted by Gasteiger charge is 2.53. The highest BCUT2D eigenvalue weighted by atomic mass is 32.2. The first-order valence-electron chi connectivity index (χ1n) is 6.38. The van der Waals surface area contributed by atoms with E-state index in [-0.39, 0.29) is 24.1 Å². The minimum absolute atomic E-state index is 0.241. The van der Waals surface area contributed by atoms with E-state index in [1.807, 2.05) is 6.92 Å². The van der Waals surface area contributed by atoms with Crippen molar-refractivity contribution in [3.8, 4) is 0 Å². The average molecular weight is 293 g/mol. The molecule has 0 radical (unpaired) electrons. The maximum Gasteiger partial charge on any atom is 0.333 e. The smallest absolute Gasteiger partial charge is 0.333 e. The van der Waals surface area contributed by atoms with Crippen LogP contribution in [0.3, 0.4) is 0 Å². The van der Waals surface area contributed by atoms with E-state index in [0.717, 1.165) is 6.42 Å². The second-order valence-corrected chi connectivity index (χ2v) is 6.23. The molecule has 2 rings (SSSR count). The summed E-state index contributed by atoms with van der Waals surface area (Å²) in [7, 11) is -4.10. The molecule has 0 spiro atoms. The Labute approximate surface area is 112 Å². The van der Waals surface area contributed by atoms with Gasteiger partial charge in [-0.15, -0.1) is 0 Å². The fraction of sp³-hybridized carbons (Fsp3) is 0.909. The van der Waals surface area contributed by atoms with Crippen LogP contribution in [0.1, 0.15) is 33.1 Å². The zero-order valence-corrected chi connectivity index (χ0v) is 11.8. The molecule has 2 aliphatic heterocycles. The summed E-state index contributed by atoms with van der Waals surface area (Å²) in [5.41, 5.74) is 0. The number of ether oxygens (including phenoxy) is 2. The summed E-state index contributed by atoms with van der Waals surface area (Å²) in [6.07, 6.45) is -0.139. The second kappa shape index (κ2) is 5.35. The number of carbonyl (C=O) groups excluding carboxylic acids is 1. The van der Waals surface area contributed by atoms with Crippen molar-refractivity contribution >= 4 is 16.3 Å². The molecule has 0 aromatic rings. The minimum atomic E-state index is -4.10. The van der Waals surface area contributed by atoms with Gasteiger partial charge in [-0.05, 0) is 19.3 Å². The molecule has 0 amide bonds. The molecule has 19 heavy (non-hydrogen) atoms. The lowest BCUT2D eigenvalue weighted by molar-refractivity contribution is -0.159. The molecule has 0 aliphatic carbocycles. The Morgan fingerprint density at radius 3 is 2.47 bits per heavy atom. The molecule has 2 aliphatic rings. The zero-order chi connectivity index (χ0) is 14.2. The fourth-order valence-electron chi connectivity index (χ4n) is 2.43. The number of hydrogen-bond donors (Lipinski definition) is 1. The molecule has 0 aromatic carbocycles.